The molecule has 84 valence electrons. The first kappa shape index (κ1) is 11.1. The fraction of sp³-hybridized carbons (Fsp3) is 0.462. The minimum atomic E-state index is 0.828. The van der Waals surface area contributed by atoms with Gasteiger partial charge in [-0.25, -0.2) is 0 Å². The lowest BCUT2D eigenvalue weighted by atomic mass is 10.2. The van der Waals surface area contributed by atoms with Gasteiger partial charge in [-0.1, -0.05) is 11.8 Å². The van der Waals surface area contributed by atoms with Crippen LogP contribution in [0.1, 0.15) is 5.56 Å². The van der Waals surface area contributed by atoms with Gasteiger partial charge in [-0.2, -0.15) is 0 Å². The Balaban J connectivity index is 1.73. The van der Waals surface area contributed by atoms with Gasteiger partial charge in [-0.3, -0.25) is 9.88 Å². The average molecular weight is 215 g/mol. The molecule has 1 saturated heterocycles. The average Bonchev–Trinajstić information content (AvgIpc) is 2.37. The van der Waals surface area contributed by atoms with Gasteiger partial charge >= 0.3 is 0 Å². The van der Waals surface area contributed by atoms with E-state index in [9.17, 15) is 0 Å². The molecule has 2 heterocycles. The summed E-state index contributed by atoms with van der Waals surface area (Å²) >= 11 is 0. The zero-order chi connectivity index (χ0) is 11.1. The van der Waals surface area contributed by atoms with Crippen LogP contribution >= 0.6 is 0 Å². The van der Waals surface area contributed by atoms with Crippen molar-refractivity contribution in [2.24, 2.45) is 0 Å². The fourth-order valence-corrected chi connectivity index (χ4v) is 1.70. The standard InChI is InChI=1S/C13H17N3/c1(3-13-4-6-14-7-5-13)2-10-16-11-8-15-9-12-16/h4-7,15H,3,8-12H2. The first-order valence-electron chi connectivity index (χ1n) is 5.73. The van der Waals surface area contributed by atoms with Gasteiger partial charge in [-0.15, -0.1) is 0 Å². The third-order valence-corrected chi connectivity index (χ3v) is 2.68. The van der Waals surface area contributed by atoms with Crippen molar-refractivity contribution in [2.75, 3.05) is 32.7 Å². The Morgan fingerprint density at radius 3 is 2.69 bits per heavy atom. The Bertz CT molecular complexity index is 358. The molecule has 1 aliphatic rings. The summed E-state index contributed by atoms with van der Waals surface area (Å²) in [5.74, 6) is 6.44. The van der Waals surface area contributed by atoms with Gasteiger partial charge in [-0.05, 0) is 17.7 Å². The molecule has 1 N–H and O–H groups in total. The van der Waals surface area contributed by atoms with E-state index in [1.165, 1.54) is 5.56 Å². The van der Waals surface area contributed by atoms with Crippen LogP contribution in [0.15, 0.2) is 24.5 Å². The Labute approximate surface area is 96.9 Å². The highest BCUT2D eigenvalue weighted by atomic mass is 15.2. The Kier molecular flexibility index (Phi) is 4.36. The van der Waals surface area contributed by atoms with Crippen molar-refractivity contribution >= 4 is 0 Å². The lowest BCUT2D eigenvalue weighted by molar-refractivity contribution is 0.268. The lowest BCUT2D eigenvalue weighted by Gasteiger charge is -2.24. The van der Waals surface area contributed by atoms with Gasteiger partial charge < -0.3 is 5.32 Å². The maximum atomic E-state index is 3.98. The van der Waals surface area contributed by atoms with Crippen LogP contribution < -0.4 is 5.32 Å². The molecule has 3 nitrogen and oxygen atoms in total. The van der Waals surface area contributed by atoms with E-state index in [4.69, 9.17) is 0 Å². The second kappa shape index (κ2) is 6.26. The van der Waals surface area contributed by atoms with E-state index in [2.05, 4.69) is 27.0 Å². The zero-order valence-electron chi connectivity index (χ0n) is 9.45. The molecule has 0 amide bonds. The number of hydrogen-bond acceptors (Lipinski definition) is 3. The van der Waals surface area contributed by atoms with E-state index in [0.717, 1.165) is 39.1 Å². The lowest BCUT2D eigenvalue weighted by Crippen LogP contribution is -2.43. The molecule has 1 fully saturated rings. The van der Waals surface area contributed by atoms with E-state index in [0.29, 0.717) is 0 Å². The molecule has 0 saturated carbocycles. The summed E-state index contributed by atoms with van der Waals surface area (Å²) in [5.41, 5.74) is 1.24. The summed E-state index contributed by atoms with van der Waals surface area (Å²) in [6, 6.07) is 4.03. The molecule has 0 unspecified atom stereocenters. The number of nitrogens with one attached hydrogen (secondary N) is 1. The van der Waals surface area contributed by atoms with Gasteiger partial charge in [0.15, 0.2) is 0 Å². The number of piperazine rings is 1. The van der Waals surface area contributed by atoms with Crippen LogP contribution in [0.5, 0.6) is 0 Å². The largest absolute Gasteiger partial charge is 0.314 e. The number of hydrogen-bond donors (Lipinski definition) is 1. The Morgan fingerprint density at radius 1 is 1.19 bits per heavy atom. The molecule has 0 bridgehead atoms. The summed E-state index contributed by atoms with van der Waals surface area (Å²) in [6.45, 7) is 5.30. The summed E-state index contributed by atoms with van der Waals surface area (Å²) in [4.78, 5) is 6.37. The predicted octanol–water partition coefficient (Wildman–Crippen LogP) is 0.533. The van der Waals surface area contributed by atoms with Crippen molar-refractivity contribution in [2.45, 2.75) is 6.42 Å². The summed E-state index contributed by atoms with van der Waals surface area (Å²) in [5, 5.41) is 3.33. The third-order valence-electron chi connectivity index (χ3n) is 2.68. The highest BCUT2D eigenvalue weighted by Crippen LogP contribution is 1.96. The van der Waals surface area contributed by atoms with Crippen LogP contribution in [0.25, 0.3) is 0 Å². The summed E-state index contributed by atoms with van der Waals surface area (Å²) < 4.78 is 0. The first-order chi connectivity index (χ1) is 7.95. The Hall–Kier alpha value is -1.37. The second-order valence-corrected chi connectivity index (χ2v) is 3.91. The van der Waals surface area contributed by atoms with E-state index >= 15 is 0 Å². The molecule has 0 aliphatic carbocycles. The van der Waals surface area contributed by atoms with Crippen molar-refractivity contribution in [3.05, 3.63) is 30.1 Å². The van der Waals surface area contributed by atoms with E-state index in [1.54, 1.807) is 0 Å². The number of nitrogens with zero attached hydrogens (tertiary/aromatic N) is 2. The molecule has 0 spiro atoms. The normalized spacial score (nSPS) is 16.5. The quantitative estimate of drug-likeness (QED) is 0.730. The van der Waals surface area contributed by atoms with Crippen molar-refractivity contribution in [1.82, 2.24) is 15.2 Å². The minimum absolute atomic E-state index is 0.828. The molecule has 0 aromatic carbocycles. The van der Waals surface area contributed by atoms with Crippen LogP contribution in [0.3, 0.4) is 0 Å². The second-order valence-electron chi connectivity index (χ2n) is 3.91. The zero-order valence-corrected chi connectivity index (χ0v) is 9.45. The first-order valence-corrected chi connectivity index (χ1v) is 5.73. The van der Waals surface area contributed by atoms with Crippen molar-refractivity contribution in [3.8, 4) is 11.8 Å². The molecule has 1 aromatic rings. The van der Waals surface area contributed by atoms with Gasteiger partial charge in [0.25, 0.3) is 0 Å². The summed E-state index contributed by atoms with van der Waals surface area (Å²) in [6.07, 6.45) is 4.45. The number of aromatic nitrogens is 1. The molecule has 2 rings (SSSR count). The van der Waals surface area contributed by atoms with E-state index in [-0.39, 0.29) is 0 Å². The van der Waals surface area contributed by atoms with Gasteiger partial charge in [0, 0.05) is 45.0 Å². The maximum Gasteiger partial charge on any atom is 0.0602 e. The van der Waals surface area contributed by atoms with Crippen LogP contribution in [0.4, 0.5) is 0 Å². The molecular formula is C13H17N3. The molecule has 1 aliphatic heterocycles. The van der Waals surface area contributed by atoms with Gasteiger partial charge in [0.1, 0.15) is 0 Å². The molecule has 1 aromatic heterocycles. The highest BCUT2D eigenvalue weighted by molar-refractivity contribution is 5.18. The van der Waals surface area contributed by atoms with Crippen LogP contribution in [-0.2, 0) is 6.42 Å². The molecule has 16 heavy (non-hydrogen) atoms. The summed E-state index contributed by atoms with van der Waals surface area (Å²) in [7, 11) is 0. The third kappa shape index (κ3) is 3.65. The van der Waals surface area contributed by atoms with E-state index in [1.807, 2.05) is 24.5 Å². The maximum absolute atomic E-state index is 3.98. The topological polar surface area (TPSA) is 28.2 Å². The SMILES string of the molecule is C(#CCN1CCNCC1)Cc1ccncc1. The highest BCUT2D eigenvalue weighted by Gasteiger charge is 2.06. The number of rotatable bonds is 2. The molecule has 0 atom stereocenters. The molecule has 0 radical (unpaired) electrons. The van der Waals surface area contributed by atoms with Crippen molar-refractivity contribution in [3.63, 3.8) is 0 Å². The van der Waals surface area contributed by atoms with Gasteiger partial charge in [0.2, 0.25) is 0 Å². The van der Waals surface area contributed by atoms with Crippen LogP contribution in [0.2, 0.25) is 0 Å². The Morgan fingerprint density at radius 2 is 1.94 bits per heavy atom. The fourth-order valence-electron chi connectivity index (χ4n) is 1.70. The van der Waals surface area contributed by atoms with E-state index < -0.39 is 0 Å². The monoisotopic (exact) mass is 215 g/mol. The number of pyridine rings is 1. The van der Waals surface area contributed by atoms with Crippen molar-refractivity contribution in [1.29, 1.82) is 0 Å². The van der Waals surface area contributed by atoms with Crippen molar-refractivity contribution < 1.29 is 0 Å². The molecule has 3 heteroatoms. The smallest absolute Gasteiger partial charge is 0.0602 e. The minimum Gasteiger partial charge on any atom is -0.314 e. The van der Waals surface area contributed by atoms with Gasteiger partial charge in [0.05, 0.1) is 6.54 Å². The van der Waals surface area contributed by atoms with Crippen LogP contribution in [0, 0.1) is 11.8 Å². The van der Waals surface area contributed by atoms with Crippen LogP contribution in [-0.4, -0.2) is 42.6 Å². The predicted molar refractivity (Wildman–Crippen MR) is 65.0 cm³/mol. The molecular weight excluding hydrogens is 198 g/mol.